The van der Waals surface area contributed by atoms with E-state index >= 15 is 0 Å². The summed E-state index contributed by atoms with van der Waals surface area (Å²) in [7, 11) is 0. The molecule has 274 valence electrons. The molecule has 0 heterocycles. The van der Waals surface area contributed by atoms with Crippen LogP contribution in [0.2, 0.25) is 0 Å². The summed E-state index contributed by atoms with van der Waals surface area (Å²) in [6, 6.07) is 83.7. The Labute approximate surface area is 341 Å². The van der Waals surface area contributed by atoms with Gasteiger partial charge in [-0.3, -0.25) is 0 Å². The highest BCUT2D eigenvalue weighted by molar-refractivity contribution is 5.95. The summed E-state index contributed by atoms with van der Waals surface area (Å²) in [6.07, 6.45) is 1.78. The van der Waals surface area contributed by atoms with Gasteiger partial charge in [0, 0.05) is 0 Å². The maximum Gasteiger partial charge on any atom is 0.0728 e. The molecule has 58 heavy (non-hydrogen) atoms. The minimum absolute atomic E-state index is 0.185. The number of hydrogen-bond donors (Lipinski definition) is 0. The third-order valence-corrected chi connectivity index (χ3v) is 12.7. The number of rotatable bonds is 8. The summed E-state index contributed by atoms with van der Waals surface area (Å²) in [5, 5.41) is 0. The molecule has 0 N–H and O–H groups in total. The van der Waals surface area contributed by atoms with Crippen molar-refractivity contribution in [1.29, 1.82) is 0 Å². The van der Waals surface area contributed by atoms with Gasteiger partial charge in [0.1, 0.15) is 0 Å². The Balaban J connectivity index is 1.13. The molecule has 0 saturated carbocycles. The molecule has 1 unspecified atom stereocenters. The van der Waals surface area contributed by atoms with Crippen molar-refractivity contribution < 1.29 is 0 Å². The summed E-state index contributed by atoms with van der Waals surface area (Å²) in [4.78, 5) is 0. The van der Waals surface area contributed by atoms with Crippen LogP contribution in [0.4, 0.5) is 0 Å². The van der Waals surface area contributed by atoms with Gasteiger partial charge in [0.2, 0.25) is 0 Å². The van der Waals surface area contributed by atoms with Crippen LogP contribution in [0.1, 0.15) is 44.9 Å². The highest BCUT2D eigenvalue weighted by Crippen LogP contribution is 2.63. The normalized spacial score (nSPS) is 13.4. The van der Waals surface area contributed by atoms with E-state index in [1.807, 2.05) is 0 Å². The second-order valence-corrected chi connectivity index (χ2v) is 15.9. The van der Waals surface area contributed by atoms with Gasteiger partial charge < -0.3 is 0 Å². The minimum atomic E-state index is -0.396. The van der Waals surface area contributed by atoms with Gasteiger partial charge in [-0.15, -0.1) is 0 Å². The minimum Gasteiger partial charge on any atom is -0.0622 e. The largest absolute Gasteiger partial charge is 0.0728 e. The van der Waals surface area contributed by atoms with Crippen molar-refractivity contribution in [2.45, 2.75) is 24.2 Å². The second-order valence-electron chi connectivity index (χ2n) is 15.9. The molecule has 0 bridgehead atoms. The Bertz CT molecular complexity index is 2820. The first-order valence-corrected chi connectivity index (χ1v) is 20.6. The molecule has 1 spiro atoms. The molecule has 0 nitrogen and oxygen atoms in total. The van der Waals surface area contributed by atoms with Crippen LogP contribution in [-0.4, -0.2) is 0 Å². The molecule has 9 aromatic carbocycles. The van der Waals surface area contributed by atoms with Crippen molar-refractivity contribution in [2.24, 2.45) is 0 Å². The third kappa shape index (κ3) is 5.52. The topological polar surface area (TPSA) is 0 Å². The lowest BCUT2D eigenvalue weighted by Crippen LogP contribution is -2.27. The molecule has 0 amide bonds. The van der Waals surface area contributed by atoms with Crippen molar-refractivity contribution in [3.8, 4) is 55.6 Å². The van der Waals surface area contributed by atoms with Gasteiger partial charge in [-0.05, 0) is 119 Å². The van der Waals surface area contributed by atoms with Gasteiger partial charge in [-0.25, -0.2) is 0 Å². The molecule has 0 aromatic heterocycles. The standard InChI is InChI=1S/C58H42/c1-4-19-41(20-5-1)45-35-40(36-46(39-45)42-21-6-2-7-22-42)37-47(49-27-11-10-26-48(49)43-23-8-3-9-24-43)38-44-25-18-31-53-52-30-14-17-34-56(52)58(57(44)53)54-32-15-12-28-50(54)51-29-13-16-33-55(51)58/h1-36,39,47H,37-38H2. The Morgan fingerprint density at radius 1 is 0.310 bits per heavy atom. The SMILES string of the molecule is c1ccc(-c2cc(CC(Cc3cccc4c3C3(c5ccccc5-c5ccccc53)c3ccccc3-4)c3ccccc3-c3ccccc3)cc(-c3ccccc3)c2)cc1. The quantitative estimate of drug-likeness (QED) is 0.146. The van der Waals surface area contributed by atoms with E-state index < -0.39 is 5.41 Å². The van der Waals surface area contributed by atoms with E-state index in [2.05, 4.69) is 224 Å². The lowest BCUT2D eigenvalue weighted by atomic mass is 9.68. The number of hydrogen-bond acceptors (Lipinski definition) is 0. The third-order valence-electron chi connectivity index (χ3n) is 12.7. The average molecular weight is 739 g/mol. The van der Waals surface area contributed by atoms with E-state index in [9.17, 15) is 0 Å². The van der Waals surface area contributed by atoms with E-state index in [1.54, 1.807) is 0 Å². The molecule has 0 saturated heterocycles. The van der Waals surface area contributed by atoms with Crippen molar-refractivity contribution in [1.82, 2.24) is 0 Å². The smallest absolute Gasteiger partial charge is 0.0622 e. The molecular formula is C58H42. The molecule has 9 aromatic rings. The van der Waals surface area contributed by atoms with Crippen LogP contribution in [0.25, 0.3) is 55.6 Å². The lowest BCUT2D eigenvalue weighted by molar-refractivity contribution is 0.667. The van der Waals surface area contributed by atoms with Gasteiger partial charge in [0.05, 0.1) is 5.41 Å². The maximum atomic E-state index is 2.44. The average Bonchev–Trinajstić information content (AvgIpc) is 3.77. The van der Waals surface area contributed by atoms with E-state index in [1.165, 1.54) is 94.6 Å². The molecule has 1 atom stereocenters. The molecular weight excluding hydrogens is 697 g/mol. The van der Waals surface area contributed by atoms with Gasteiger partial charge in [-0.2, -0.15) is 0 Å². The van der Waals surface area contributed by atoms with Crippen molar-refractivity contribution >= 4 is 0 Å². The fourth-order valence-electron chi connectivity index (χ4n) is 10.4. The van der Waals surface area contributed by atoms with Crippen molar-refractivity contribution in [2.75, 3.05) is 0 Å². The first-order chi connectivity index (χ1) is 28.8. The van der Waals surface area contributed by atoms with Crippen LogP contribution in [0, 0.1) is 0 Å². The number of fused-ring (bicyclic) bond motifs is 10. The summed E-state index contributed by atoms with van der Waals surface area (Å²) in [6.45, 7) is 0. The Hall–Kier alpha value is -7.02. The zero-order valence-electron chi connectivity index (χ0n) is 32.4. The Morgan fingerprint density at radius 2 is 0.741 bits per heavy atom. The summed E-state index contributed by atoms with van der Waals surface area (Å²) < 4.78 is 0. The van der Waals surface area contributed by atoms with E-state index in [0.29, 0.717) is 0 Å². The van der Waals surface area contributed by atoms with Crippen LogP contribution in [0.5, 0.6) is 0 Å². The monoisotopic (exact) mass is 738 g/mol. The maximum absolute atomic E-state index is 2.44. The zero-order valence-corrected chi connectivity index (χ0v) is 32.4. The van der Waals surface area contributed by atoms with Gasteiger partial charge >= 0.3 is 0 Å². The zero-order chi connectivity index (χ0) is 38.5. The summed E-state index contributed by atoms with van der Waals surface area (Å²) >= 11 is 0. The highest BCUT2D eigenvalue weighted by atomic mass is 14.5. The second kappa shape index (κ2) is 14.2. The van der Waals surface area contributed by atoms with Crippen LogP contribution < -0.4 is 0 Å². The first kappa shape index (κ1) is 34.2. The van der Waals surface area contributed by atoms with E-state index in [-0.39, 0.29) is 5.92 Å². The predicted molar refractivity (Wildman–Crippen MR) is 242 cm³/mol. The van der Waals surface area contributed by atoms with E-state index in [4.69, 9.17) is 0 Å². The Morgan fingerprint density at radius 3 is 1.29 bits per heavy atom. The highest BCUT2D eigenvalue weighted by Gasteiger charge is 2.52. The van der Waals surface area contributed by atoms with E-state index in [0.717, 1.165) is 12.8 Å². The first-order valence-electron chi connectivity index (χ1n) is 20.6. The van der Waals surface area contributed by atoms with Crippen molar-refractivity contribution in [3.63, 3.8) is 0 Å². The van der Waals surface area contributed by atoms with Crippen molar-refractivity contribution in [3.05, 3.63) is 263 Å². The summed E-state index contributed by atoms with van der Waals surface area (Å²) in [5.74, 6) is 0.185. The fourth-order valence-corrected chi connectivity index (χ4v) is 10.4. The predicted octanol–water partition coefficient (Wildman–Crippen LogP) is 14.6. The van der Waals surface area contributed by atoms with Crippen LogP contribution in [0.15, 0.2) is 224 Å². The lowest BCUT2D eigenvalue weighted by Gasteiger charge is -2.33. The molecule has 0 heteroatoms. The summed E-state index contributed by atoms with van der Waals surface area (Å²) in [5.41, 5.74) is 22.3. The van der Waals surface area contributed by atoms with Crippen LogP contribution in [0.3, 0.4) is 0 Å². The Kier molecular flexibility index (Phi) is 8.37. The van der Waals surface area contributed by atoms with Gasteiger partial charge in [-0.1, -0.05) is 218 Å². The molecule has 11 rings (SSSR count). The number of benzene rings is 9. The molecule has 0 fully saturated rings. The molecule has 0 aliphatic heterocycles. The fraction of sp³-hybridized carbons (Fsp3) is 0.0690. The van der Waals surface area contributed by atoms with Crippen LogP contribution >= 0.6 is 0 Å². The molecule has 2 aliphatic carbocycles. The molecule has 2 aliphatic rings. The van der Waals surface area contributed by atoms with Crippen LogP contribution in [-0.2, 0) is 18.3 Å². The van der Waals surface area contributed by atoms with Gasteiger partial charge in [0.25, 0.3) is 0 Å². The van der Waals surface area contributed by atoms with Gasteiger partial charge in [0.15, 0.2) is 0 Å². The molecule has 0 radical (unpaired) electrons.